The third-order valence-corrected chi connectivity index (χ3v) is 3.47. The van der Waals surface area contributed by atoms with Gasteiger partial charge in [0.2, 0.25) is 0 Å². The number of ether oxygens (including phenoxy) is 2. The summed E-state index contributed by atoms with van der Waals surface area (Å²) in [4.78, 5) is 9.55. The summed E-state index contributed by atoms with van der Waals surface area (Å²) in [7, 11) is 3.26. The second kappa shape index (κ2) is 5.83. The van der Waals surface area contributed by atoms with Gasteiger partial charge in [0.05, 0.1) is 19.9 Å². The fourth-order valence-corrected chi connectivity index (χ4v) is 2.33. The first kappa shape index (κ1) is 13.4. The van der Waals surface area contributed by atoms with Gasteiger partial charge in [-0.25, -0.2) is 0 Å². The molecule has 5 nitrogen and oxygen atoms in total. The van der Waals surface area contributed by atoms with E-state index in [4.69, 9.17) is 14.3 Å². The summed E-state index contributed by atoms with van der Waals surface area (Å²) < 4.78 is 10.6. The van der Waals surface area contributed by atoms with Crippen LogP contribution in [0, 0.1) is 0 Å². The summed E-state index contributed by atoms with van der Waals surface area (Å²) >= 11 is 0. The van der Waals surface area contributed by atoms with E-state index in [1.165, 1.54) is 0 Å². The van der Waals surface area contributed by atoms with Crippen molar-refractivity contribution in [3.05, 3.63) is 53.9 Å². The highest BCUT2D eigenvalue weighted by molar-refractivity contribution is 6.03. The number of hydrogen-bond donors (Lipinski definition) is 0. The van der Waals surface area contributed by atoms with Gasteiger partial charge in [-0.15, -0.1) is 0 Å². The zero-order valence-electron chi connectivity index (χ0n) is 11.9. The van der Waals surface area contributed by atoms with Crippen LogP contribution in [0.1, 0.15) is 23.7 Å². The maximum absolute atomic E-state index is 5.54. The average molecular weight is 284 g/mol. The van der Waals surface area contributed by atoms with Crippen molar-refractivity contribution in [3.63, 3.8) is 0 Å². The zero-order chi connectivity index (χ0) is 14.7. The lowest BCUT2D eigenvalue weighted by Crippen LogP contribution is -2.04. The number of oxime groups is 1. The molecular weight excluding hydrogens is 268 g/mol. The molecule has 0 N–H and O–H groups in total. The molecule has 0 aliphatic carbocycles. The molecule has 1 aliphatic rings. The van der Waals surface area contributed by atoms with Gasteiger partial charge in [-0.3, -0.25) is 4.98 Å². The summed E-state index contributed by atoms with van der Waals surface area (Å²) in [5, 5.41) is 4.20. The fourth-order valence-electron chi connectivity index (χ4n) is 2.33. The smallest absolute Gasteiger partial charge is 0.158 e. The standard InChI is InChI=1S/C16H16N2O3/c1-19-12-3-4-13(16(9-12)20-2)14-10-15(21-18-14)11-5-7-17-8-6-11/h3-9,15H,10H2,1-2H3. The van der Waals surface area contributed by atoms with Crippen LogP contribution in [0.3, 0.4) is 0 Å². The molecule has 21 heavy (non-hydrogen) atoms. The lowest BCUT2D eigenvalue weighted by molar-refractivity contribution is 0.0857. The first-order valence-corrected chi connectivity index (χ1v) is 6.67. The van der Waals surface area contributed by atoms with Crippen molar-refractivity contribution in [2.45, 2.75) is 12.5 Å². The molecule has 1 unspecified atom stereocenters. The van der Waals surface area contributed by atoms with Crippen molar-refractivity contribution in [1.82, 2.24) is 4.98 Å². The van der Waals surface area contributed by atoms with Gasteiger partial charge in [-0.2, -0.15) is 0 Å². The minimum Gasteiger partial charge on any atom is -0.497 e. The highest BCUT2D eigenvalue weighted by atomic mass is 16.6. The number of pyridine rings is 1. The molecule has 2 heterocycles. The predicted molar refractivity (Wildman–Crippen MR) is 78.8 cm³/mol. The molecule has 5 heteroatoms. The Hall–Kier alpha value is -2.56. The number of nitrogens with zero attached hydrogens (tertiary/aromatic N) is 2. The number of methoxy groups -OCH3 is 2. The molecule has 1 aromatic carbocycles. The van der Waals surface area contributed by atoms with Crippen molar-refractivity contribution in [2.75, 3.05) is 14.2 Å². The maximum Gasteiger partial charge on any atom is 0.158 e. The molecule has 0 radical (unpaired) electrons. The Labute approximate surface area is 123 Å². The van der Waals surface area contributed by atoms with Gasteiger partial charge < -0.3 is 14.3 Å². The summed E-state index contributed by atoms with van der Waals surface area (Å²) in [5.41, 5.74) is 2.86. The maximum atomic E-state index is 5.54. The zero-order valence-corrected chi connectivity index (χ0v) is 11.9. The molecular formula is C16H16N2O3. The summed E-state index contributed by atoms with van der Waals surface area (Å²) in [6.45, 7) is 0. The molecule has 0 saturated carbocycles. The van der Waals surface area contributed by atoms with E-state index in [0.717, 1.165) is 28.3 Å². The Bertz CT molecular complexity index is 656. The van der Waals surface area contributed by atoms with Crippen molar-refractivity contribution in [1.29, 1.82) is 0 Å². The monoisotopic (exact) mass is 284 g/mol. The van der Waals surface area contributed by atoms with E-state index in [0.29, 0.717) is 6.42 Å². The van der Waals surface area contributed by atoms with E-state index >= 15 is 0 Å². The van der Waals surface area contributed by atoms with Crippen LogP contribution in [0.25, 0.3) is 0 Å². The molecule has 1 atom stereocenters. The molecule has 2 aromatic rings. The molecule has 1 aliphatic heterocycles. The van der Waals surface area contributed by atoms with E-state index in [1.54, 1.807) is 26.6 Å². The van der Waals surface area contributed by atoms with Crippen molar-refractivity contribution in [3.8, 4) is 11.5 Å². The fraction of sp³-hybridized carbons (Fsp3) is 0.250. The molecule has 108 valence electrons. The summed E-state index contributed by atoms with van der Waals surface area (Å²) in [6.07, 6.45) is 4.14. The summed E-state index contributed by atoms with van der Waals surface area (Å²) in [6, 6.07) is 9.55. The van der Waals surface area contributed by atoms with Gasteiger partial charge >= 0.3 is 0 Å². The highest BCUT2D eigenvalue weighted by Gasteiger charge is 2.25. The van der Waals surface area contributed by atoms with Gasteiger partial charge in [0.25, 0.3) is 0 Å². The Morgan fingerprint density at radius 2 is 1.90 bits per heavy atom. The van der Waals surface area contributed by atoms with Crippen molar-refractivity contribution >= 4 is 5.71 Å². The minimum atomic E-state index is -0.0743. The molecule has 0 saturated heterocycles. The lowest BCUT2D eigenvalue weighted by Gasteiger charge is -2.10. The van der Waals surface area contributed by atoms with E-state index in [2.05, 4.69) is 10.1 Å². The van der Waals surface area contributed by atoms with Crippen LogP contribution in [0.15, 0.2) is 47.9 Å². The Morgan fingerprint density at radius 3 is 2.62 bits per heavy atom. The van der Waals surface area contributed by atoms with Gasteiger partial charge in [-0.1, -0.05) is 5.16 Å². The Morgan fingerprint density at radius 1 is 1.10 bits per heavy atom. The molecule has 3 rings (SSSR count). The Balaban J connectivity index is 1.83. The van der Waals surface area contributed by atoms with E-state index < -0.39 is 0 Å². The number of aromatic nitrogens is 1. The van der Waals surface area contributed by atoms with Crippen LogP contribution in [0.5, 0.6) is 11.5 Å². The van der Waals surface area contributed by atoms with Crippen LogP contribution in [-0.4, -0.2) is 24.9 Å². The van der Waals surface area contributed by atoms with E-state index in [1.807, 2.05) is 30.3 Å². The first-order chi connectivity index (χ1) is 10.3. The summed E-state index contributed by atoms with van der Waals surface area (Å²) in [5.74, 6) is 1.48. The number of benzene rings is 1. The van der Waals surface area contributed by atoms with Gasteiger partial charge in [-0.05, 0) is 29.8 Å². The van der Waals surface area contributed by atoms with Crippen LogP contribution >= 0.6 is 0 Å². The van der Waals surface area contributed by atoms with Crippen molar-refractivity contribution in [2.24, 2.45) is 5.16 Å². The first-order valence-electron chi connectivity index (χ1n) is 6.67. The number of rotatable bonds is 4. The average Bonchev–Trinajstić information content (AvgIpc) is 3.04. The van der Waals surface area contributed by atoms with Crippen LogP contribution in [0.4, 0.5) is 0 Å². The van der Waals surface area contributed by atoms with Gasteiger partial charge in [0, 0.05) is 30.4 Å². The van der Waals surface area contributed by atoms with Gasteiger partial charge in [0.15, 0.2) is 6.10 Å². The molecule has 0 amide bonds. The van der Waals surface area contributed by atoms with Crippen LogP contribution in [-0.2, 0) is 4.84 Å². The third kappa shape index (κ3) is 2.67. The quantitative estimate of drug-likeness (QED) is 0.866. The Kier molecular flexibility index (Phi) is 3.73. The largest absolute Gasteiger partial charge is 0.497 e. The topological polar surface area (TPSA) is 52.9 Å². The molecule has 0 spiro atoms. The highest BCUT2D eigenvalue weighted by Crippen LogP contribution is 2.33. The lowest BCUT2D eigenvalue weighted by atomic mass is 10.0. The predicted octanol–water partition coefficient (Wildman–Crippen LogP) is 2.96. The van der Waals surface area contributed by atoms with Crippen molar-refractivity contribution < 1.29 is 14.3 Å². The van der Waals surface area contributed by atoms with Crippen LogP contribution < -0.4 is 9.47 Å². The van der Waals surface area contributed by atoms with Gasteiger partial charge in [0.1, 0.15) is 11.5 Å². The second-order valence-corrected chi connectivity index (χ2v) is 4.68. The third-order valence-electron chi connectivity index (χ3n) is 3.47. The second-order valence-electron chi connectivity index (χ2n) is 4.68. The number of hydrogen-bond acceptors (Lipinski definition) is 5. The van der Waals surface area contributed by atoms with E-state index in [-0.39, 0.29) is 6.10 Å². The normalized spacial score (nSPS) is 17.0. The molecule has 0 fully saturated rings. The molecule has 1 aromatic heterocycles. The SMILES string of the molecule is COc1ccc(C2=NOC(c3ccncc3)C2)c(OC)c1. The molecule has 0 bridgehead atoms. The van der Waals surface area contributed by atoms with E-state index in [9.17, 15) is 0 Å². The van der Waals surface area contributed by atoms with Crippen LogP contribution in [0.2, 0.25) is 0 Å². The minimum absolute atomic E-state index is 0.0743.